The van der Waals surface area contributed by atoms with Crippen molar-refractivity contribution in [3.63, 3.8) is 0 Å². The quantitative estimate of drug-likeness (QED) is 0.417. The predicted octanol–water partition coefficient (Wildman–Crippen LogP) is 2.79. The number of hydrogen-bond donors (Lipinski definition) is 2. The Balaban J connectivity index is 1.67. The largest absolute Gasteiger partial charge is 0.497 e. The second kappa shape index (κ2) is 11.5. The van der Waals surface area contributed by atoms with Gasteiger partial charge < -0.3 is 20.3 Å². The Morgan fingerprint density at radius 1 is 1.15 bits per heavy atom. The number of hydrogen-bond acceptors (Lipinski definition) is 3. The molecule has 0 spiro atoms. The van der Waals surface area contributed by atoms with Gasteiger partial charge in [0.25, 0.3) is 0 Å². The van der Waals surface area contributed by atoms with Crippen LogP contribution in [-0.4, -0.2) is 51.1 Å². The summed E-state index contributed by atoms with van der Waals surface area (Å²) in [6.45, 7) is 2.02. The van der Waals surface area contributed by atoms with Gasteiger partial charge in [-0.25, -0.2) is 0 Å². The number of nitrogens with zero attached hydrogens (tertiary/aromatic N) is 2. The molecule has 6 nitrogen and oxygen atoms in total. The van der Waals surface area contributed by atoms with E-state index >= 15 is 0 Å². The van der Waals surface area contributed by atoms with Gasteiger partial charge in [0, 0.05) is 40.2 Å². The molecule has 0 radical (unpaired) electrons. The Morgan fingerprint density at radius 3 is 2.44 bits per heavy atom. The predicted molar refractivity (Wildman–Crippen MR) is 110 cm³/mol. The van der Waals surface area contributed by atoms with Gasteiger partial charge in [-0.2, -0.15) is 0 Å². The molecule has 1 saturated carbocycles. The smallest absolute Gasteiger partial charge is 0.220 e. The third-order valence-electron chi connectivity index (χ3n) is 5.08. The number of benzene rings is 1. The molecular formula is C21H34N4O2. The highest BCUT2D eigenvalue weighted by Gasteiger charge is 2.16. The van der Waals surface area contributed by atoms with Crippen LogP contribution in [0.5, 0.6) is 5.75 Å². The van der Waals surface area contributed by atoms with E-state index < -0.39 is 0 Å². The lowest BCUT2D eigenvalue weighted by atomic mass is 9.87. The maximum absolute atomic E-state index is 12.1. The first-order chi connectivity index (χ1) is 13.1. The molecule has 27 heavy (non-hydrogen) atoms. The Hall–Kier alpha value is -2.24. The van der Waals surface area contributed by atoms with Gasteiger partial charge in [-0.05, 0) is 36.5 Å². The second-order valence-electron chi connectivity index (χ2n) is 7.24. The van der Waals surface area contributed by atoms with E-state index in [2.05, 4.69) is 20.5 Å². The van der Waals surface area contributed by atoms with Gasteiger partial charge >= 0.3 is 0 Å². The van der Waals surface area contributed by atoms with Crippen LogP contribution < -0.4 is 15.4 Å². The lowest BCUT2D eigenvalue weighted by molar-refractivity contribution is -0.122. The fourth-order valence-electron chi connectivity index (χ4n) is 3.57. The molecule has 1 amide bonds. The highest BCUT2D eigenvalue weighted by Crippen LogP contribution is 2.25. The first kappa shape index (κ1) is 21.1. The lowest BCUT2D eigenvalue weighted by Crippen LogP contribution is -2.42. The van der Waals surface area contributed by atoms with Crippen LogP contribution in [-0.2, 0) is 11.3 Å². The Kier molecular flexibility index (Phi) is 8.95. The number of carbonyl (C=O) groups is 1. The number of guanidine groups is 1. The summed E-state index contributed by atoms with van der Waals surface area (Å²) in [7, 11) is 5.44. The summed E-state index contributed by atoms with van der Waals surface area (Å²) >= 11 is 0. The molecule has 2 rings (SSSR count). The van der Waals surface area contributed by atoms with Crippen molar-refractivity contribution in [1.29, 1.82) is 0 Å². The lowest BCUT2D eigenvalue weighted by Gasteiger charge is -2.23. The van der Waals surface area contributed by atoms with Gasteiger partial charge in [-0.3, -0.25) is 9.79 Å². The second-order valence-corrected chi connectivity index (χ2v) is 7.24. The monoisotopic (exact) mass is 374 g/mol. The molecule has 0 saturated heterocycles. The molecule has 0 unspecified atom stereocenters. The van der Waals surface area contributed by atoms with Crippen molar-refractivity contribution in [3.05, 3.63) is 29.8 Å². The standard InChI is InChI=1S/C21H34N4O2/c1-22-21(25(2)16-18-9-11-19(27-3)12-10-18)24-14-13-23-20(26)15-17-7-5-4-6-8-17/h9-12,17H,4-8,13-16H2,1-3H3,(H,22,24)(H,23,26). The van der Waals surface area contributed by atoms with Crippen LogP contribution in [0, 0.1) is 5.92 Å². The molecule has 0 heterocycles. The fourth-order valence-corrected chi connectivity index (χ4v) is 3.57. The van der Waals surface area contributed by atoms with Crippen molar-refractivity contribution >= 4 is 11.9 Å². The van der Waals surface area contributed by atoms with Crippen LogP contribution in [0.25, 0.3) is 0 Å². The van der Waals surface area contributed by atoms with Crippen molar-refractivity contribution < 1.29 is 9.53 Å². The summed E-state index contributed by atoms with van der Waals surface area (Å²) in [4.78, 5) is 18.4. The topological polar surface area (TPSA) is 66.0 Å². The van der Waals surface area contributed by atoms with Gasteiger partial charge in [-0.1, -0.05) is 31.4 Å². The molecule has 0 atom stereocenters. The van der Waals surface area contributed by atoms with Crippen LogP contribution in [0.4, 0.5) is 0 Å². The zero-order valence-corrected chi connectivity index (χ0v) is 17.0. The van der Waals surface area contributed by atoms with E-state index in [1.807, 2.05) is 31.3 Å². The van der Waals surface area contributed by atoms with E-state index in [4.69, 9.17) is 4.74 Å². The van der Waals surface area contributed by atoms with Gasteiger partial charge in [0.15, 0.2) is 5.96 Å². The Morgan fingerprint density at radius 2 is 1.81 bits per heavy atom. The average molecular weight is 375 g/mol. The van der Waals surface area contributed by atoms with Gasteiger partial charge in [0.05, 0.1) is 7.11 Å². The Labute approximate surface area is 163 Å². The molecule has 1 aliphatic carbocycles. The zero-order valence-electron chi connectivity index (χ0n) is 17.0. The van der Waals surface area contributed by atoms with Crippen molar-refractivity contribution in [2.45, 2.75) is 45.1 Å². The van der Waals surface area contributed by atoms with E-state index in [1.165, 1.54) is 37.7 Å². The maximum atomic E-state index is 12.1. The van der Waals surface area contributed by atoms with E-state index in [0.29, 0.717) is 25.4 Å². The molecule has 6 heteroatoms. The number of rotatable bonds is 8. The van der Waals surface area contributed by atoms with E-state index in [-0.39, 0.29) is 5.91 Å². The molecule has 1 aliphatic rings. The van der Waals surface area contributed by atoms with Gasteiger partial charge in [0.2, 0.25) is 5.91 Å². The first-order valence-electron chi connectivity index (χ1n) is 9.93. The number of amides is 1. The van der Waals surface area contributed by atoms with Crippen LogP contribution >= 0.6 is 0 Å². The van der Waals surface area contributed by atoms with Gasteiger partial charge in [-0.15, -0.1) is 0 Å². The summed E-state index contributed by atoms with van der Waals surface area (Å²) in [5.41, 5.74) is 1.18. The van der Waals surface area contributed by atoms with Crippen molar-refractivity contribution in [1.82, 2.24) is 15.5 Å². The molecule has 0 bridgehead atoms. The summed E-state index contributed by atoms with van der Waals surface area (Å²) < 4.78 is 5.19. The fraction of sp³-hybridized carbons (Fsp3) is 0.619. The molecule has 0 aromatic heterocycles. The summed E-state index contributed by atoms with van der Waals surface area (Å²) in [6.07, 6.45) is 6.95. The van der Waals surface area contributed by atoms with Crippen molar-refractivity contribution in [3.8, 4) is 5.75 Å². The molecule has 150 valence electrons. The van der Waals surface area contributed by atoms with Gasteiger partial charge in [0.1, 0.15) is 5.75 Å². The summed E-state index contributed by atoms with van der Waals surface area (Å²) in [5, 5.41) is 6.33. The minimum absolute atomic E-state index is 0.172. The van der Waals surface area contributed by atoms with E-state index in [1.54, 1.807) is 14.2 Å². The van der Waals surface area contributed by atoms with Crippen LogP contribution in [0.2, 0.25) is 0 Å². The Bertz CT molecular complexity index is 595. The third kappa shape index (κ3) is 7.49. The molecule has 2 N–H and O–H groups in total. The van der Waals surface area contributed by atoms with Crippen molar-refractivity contribution in [2.75, 3.05) is 34.3 Å². The minimum atomic E-state index is 0.172. The number of ether oxygens (including phenoxy) is 1. The maximum Gasteiger partial charge on any atom is 0.220 e. The normalized spacial score (nSPS) is 15.3. The van der Waals surface area contributed by atoms with Crippen LogP contribution in [0.15, 0.2) is 29.3 Å². The van der Waals surface area contributed by atoms with Crippen molar-refractivity contribution in [2.24, 2.45) is 10.9 Å². The highest BCUT2D eigenvalue weighted by atomic mass is 16.5. The SMILES string of the molecule is CN=C(NCCNC(=O)CC1CCCCC1)N(C)Cc1ccc(OC)cc1. The number of nitrogens with one attached hydrogen (secondary N) is 2. The first-order valence-corrected chi connectivity index (χ1v) is 9.93. The molecule has 1 aromatic rings. The summed E-state index contributed by atoms with van der Waals surface area (Å²) in [6, 6.07) is 8.02. The number of aliphatic imine (C=N–C) groups is 1. The van der Waals surface area contributed by atoms with E-state index in [0.717, 1.165) is 18.3 Å². The van der Waals surface area contributed by atoms with Crippen LogP contribution in [0.3, 0.4) is 0 Å². The molecule has 0 aliphatic heterocycles. The number of methoxy groups -OCH3 is 1. The zero-order chi connectivity index (χ0) is 19.5. The number of carbonyl (C=O) groups excluding carboxylic acids is 1. The van der Waals surface area contributed by atoms with E-state index in [9.17, 15) is 4.79 Å². The molecule has 1 fully saturated rings. The average Bonchev–Trinajstić information content (AvgIpc) is 2.69. The van der Waals surface area contributed by atoms with Crippen LogP contribution in [0.1, 0.15) is 44.1 Å². The molecular weight excluding hydrogens is 340 g/mol. The summed E-state index contributed by atoms with van der Waals surface area (Å²) in [5.74, 6) is 2.42. The highest BCUT2D eigenvalue weighted by molar-refractivity contribution is 5.80. The third-order valence-corrected chi connectivity index (χ3v) is 5.08. The minimum Gasteiger partial charge on any atom is -0.497 e. The molecule has 1 aromatic carbocycles.